The summed E-state index contributed by atoms with van der Waals surface area (Å²) in [5.74, 6) is 0. The Labute approximate surface area is 457 Å². The third-order valence-electron chi connectivity index (χ3n) is 17.0. The van der Waals surface area contributed by atoms with E-state index in [0.29, 0.717) is 0 Å². The van der Waals surface area contributed by atoms with Crippen LogP contribution < -0.4 is 4.90 Å². The Bertz CT molecular complexity index is 4890. The molecule has 13 aromatic carbocycles. The van der Waals surface area contributed by atoms with Gasteiger partial charge >= 0.3 is 0 Å². The van der Waals surface area contributed by atoms with Crippen LogP contribution in [-0.4, -0.2) is 4.57 Å². The van der Waals surface area contributed by atoms with Gasteiger partial charge in [0.1, 0.15) is 0 Å². The van der Waals surface area contributed by atoms with E-state index < -0.39 is 0 Å². The van der Waals surface area contributed by atoms with E-state index in [9.17, 15) is 0 Å². The largest absolute Gasteiger partial charge is 0.310 e. The Morgan fingerprint density at radius 2 is 0.744 bits per heavy atom. The summed E-state index contributed by atoms with van der Waals surface area (Å²) >= 11 is 1.86. The topological polar surface area (TPSA) is 8.17 Å². The summed E-state index contributed by atoms with van der Waals surface area (Å²) in [5, 5.41) is 12.8. The van der Waals surface area contributed by atoms with Gasteiger partial charge in [0.25, 0.3) is 0 Å². The molecule has 2 aromatic heterocycles. The SMILES string of the molecule is CC1(C)c2ccccc2-c2ccc(-c3ccc4c(c3)c3cc(-c5ccc(N(c6ccc(-c7ccc8c9ccccc9c9ccccc9c8c7)cc6)c6ccc7sc8ccccc8c7c6)cc5)ccc3n4-c3ccccc3)cc21. The van der Waals surface area contributed by atoms with Crippen LogP contribution in [0, 0.1) is 0 Å². The van der Waals surface area contributed by atoms with Crippen LogP contribution in [0.15, 0.2) is 267 Å². The van der Waals surface area contributed by atoms with E-state index in [1.54, 1.807) is 0 Å². The van der Waals surface area contributed by atoms with E-state index in [4.69, 9.17) is 0 Å². The third kappa shape index (κ3) is 6.88. The zero-order chi connectivity index (χ0) is 51.6. The molecule has 0 fully saturated rings. The zero-order valence-electron chi connectivity index (χ0n) is 43.2. The second-order valence-electron chi connectivity index (χ2n) is 21.6. The van der Waals surface area contributed by atoms with Gasteiger partial charge in [-0.1, -0.05) is 184 Å². The van der Waals surface area contributed by atoms with E-state index >= 15 is 0 Å². The third-order valence-corrected chi connectivity index (χ3v) is 18.1. The van der Waals surface area contributed by atoms with Crippen LogP contribution in [0.25, 0.3) is 124 Å². The van der Waals surface area contributed by atoms with Crippen LogP contribution in [0.1, 0.15) is 25.0 Å². The predicted molar refractivity (Wildman–Crippen MR) is 335 cm³/mol. The molecule has 1 aliphatic carbocycles. The van der Waals surface area contributed by atoms with E-state index in [-0.39, 0.29) is 5.41 Å². The molecule has 0 saturated heterocycles. The van der Waals surface area contributed by atoms with E-state index in [2.05, 4.69) is 290 Å². The molecule has 2 heterocycles. The maximum atomic E-state index is 2.44. The molecule has 1 aliphatic rings. The second-order valence-corrected chi connectivity index (χ2v) is 22.7. The first-order chi connectivity index (χ1) is 38.4. The molecule has 0 radical (unpaired) electrons. The molecule has 16 rings (SSSR count). The highest BCUT2D eigenvalue weighted by Gasteiger charge is 2.35. The molecular weight excluding hydrogens is 961 g/mol. The zero-order valence-corrected chi connectivity index (χ0v) is 44.0. The number of rotatable bonds is 7. The molecule has 0 unspecified atom stereocenters. The number of thiophene rings is 1. The fourth-order valence-corrected chi connectivity index (χ4v) is 14.2. The van der Waals surface area contributed by atoms with Crippen molar-refractivity contribution in [3.05, 3.63) is 278 Å². The monoisotopic (exact) mass is 1010 g/mol. The van der Waals surface area contributed by atoms with Gasteiger partial charge in [0.2, 0.25) is 0 Å². The van der Waals surface area contributed by atoms with Crippen molar-refractivity contribution in [1.82, 2.24) is 4.57 Å². The number of nitrogens with zero attached hydrogens (tertiary/aromatic N) is 2. The van der Waals surface area contributed by atoms with Crippen LogP contribution in [0.4, 0.5) is 17.1 Å². The van der Waals surface area contributed by atoms with Gasteiger partial charge in [-0.25, -0.2) is 0 Å². The van der Waals surface area contributed by atoms with Gasteiger partial charge in [-0.2, -0.15) is 0 Å². The van der Waals surface area contributed by atoms with E-state index in [1.165, 1.54) is 130 Å². The standard InChI is InChI=1S/C75H50N2S/c1-75(2)69-22-12-10-20-62(69)63-38-29-52(45-70(63)75)51-31-40-72-67(44-51)66-43-50(30-39-71(66)77(72)53-14-4-3-5-15-53)48-26-34-55(35-27-48)76(56-36-41-74-68(46-56)64-21-11-13-23-73(64)78-74)54-32-24-47(25-33-54)49-28-37-61-59-18-7-6-16-57(59)58-17-8-9-19-60(58)65(61)42-49/h3-46H,1-2H3. The summed E-state index contributed by atoms with van der Waals surface area (Å²) in [7, 11) is 0. The highest BCUT2D eigenvalue weighted by atomic mass is 32.1. The average Bonchev–Trinajstić information content (AvgIpc) is 4.30. The Morgan fingerprint density at radius 3 is 1.40 bits per heavy atom. The first-order valence-electron chi connectivity index (χ1n) is 27.1. The molecule has 2 nitrogen and oxygen atoms in total. The van der Waals surface area contributed by atoms with Gasteiger partial charge < -0.3 is 9.47 Å². The quantitative estimate of drug-likeness (QED) is 0.144. The van der Waals surface area contributed by atoms with E-state index in [1.807, 2.05) is 11.3 Å². The normalized spacial score (nSPS) is 12.8. The molecule has 15 aromatic rings. The summed E-state index contributed by atoms with van der Waals surface area (Å²) in [5.41, 5.74) is 19.5. The Kier molecular flexibility index (Phi) is 9.89. The Balaban J connectivity index is 0.796. The number of para-hydroxylation sites is 1. The van der Waals surface area contributed by atoms with Gasteiger partial charge in [0, 0.05) is 59.1 Å². The van der Waals surface area contributed by atoms with Crippen molar-refractivity contribution >= 4 is 103 Å². The lowest BCUT2D eigenvalue weighted by Crippen LogP contribution is -2.14. The Morgan fingerprint density at radius 1 is 0.295 bits per heavy atom. The average molecular weight is 1010 g/mol. The van der Waals surface area contributed by atoms with Crippen molar-refractivity contribution in [2.75, 3.05) is 4.90 Å². The first-order valence-corrected chi connectivity index (χ1v) is 27.9. The molecule has 0 bridgehead atoms. The van der Waals surface area contributed by atoms with Crippen LogP contribution in [-0.2, 0) is 5.41 Å². The van der Waals surface area contributed by atoms with Gasteiger partial charge in [-0.3, -0.25) is 0 Å². The van der Waals surface area contributed by atoms with Crippen LogP contribution in [0.5, 0.6) is 0 Å². The first kappa shape index (κ1) is 44.7. The van der Waals surface area contributed by atoms with Crippen molar-refractivity contribution in [1.29, 1.82) is 0 Å². The molecular formula is C75H50N2S. The van der Waals surface area contributed by atoms with Crippen LogP contribution >= 0.6 is 11.3 Å². The van der Waals surface area contributed by atoms with Crippen molar-refractivity contribution < 1.29 is 0 Å². The lowest BCUT2D eigenvalue weighted by Gasteiger charge is -2.26. The summed E-state index contributed by atoms with van der Waals surface area (Å²) in [6.45, 7) is 4.73. The highest BCUT2D eigenvalue weighted by molar-refractivity contribution is 7.25. The second kappa shape index (κ2) is 17.2. The minimum Gasteiger partial charge on any atom is -0.310 e. The smallest absolute Gasteiger partial charge is 0.0541 e. The fourth-order valence-electron chi connectivity index (χ4n) is 13.1. The molecule has 0 N–H and O–H groups in total. The molecule has 0 amide bonds. The highest BCUT2D eigenvalue weighted by Crippen LogP contribution is 2.50. The van der Waals surface area contributed by atoms with Gasteiger partial charge in [-0.15, -0.1) is 11.3 Å². The van der Waals surface area contributed by atoms with Crippen molar-refractivity contribution in [2.45, 2.75) is 19.3 Å². The molecule has 3 heteroatoms. The predicted octanol–water partition coefficient (Wildman–Crippen LogP) is 21.4. The van der Waals surface area contributed by atoms with Crippen molar-refractivity contribution in [3.8, 4) is 50.2 Å². The minimum absolute atomic E-state index is 0.0700. The number of hydrogen-bond donors (Lipinski definition) is 0. The number of fused-ring (bicyclic) bond motifs is 15. The van der Waals surface area contributed by atoms with Crippen molar-refractivity contribution in [3.63, 3.8) is 0 Å². The lowest BCUT2D eigenvalue weighted by atomic mass is 9.81. The molecule has 366 valence electrons. The van der Waals surface area contributed by atoms with Gasteiger partial charge in [0.15, 0.2) is 0 Å². The fraction of sp³-hybridized carbons (Fsp3) is 0.0400. The maximum absolute atomic E-state index is 2.44. The number of anilines is 3. The van der Waals surface area contributed by atoms with Crippen LogP contribution in [0.3, 0.4) is 0 Å². The van der Waals surface area contributed by atoms with Crippen molar-refractivity contribution in [2.24, 2.45) is 0 Å². The lowest BCUT2D eigenvalue weighted by molar-refractivity contribution is 0.660. The summed E-state index contributed by atoms with van der Waals surface area (Å²) in [6.07, 6.45) is 0. The van der Waals surface area contributed by atoms with Crippen LogP contribution in [0.2, 0.25) is 0 Å². The molecule has 0 spiro atoms. The van der Waals surface area contributed by atoms with Gasteiger partial charge in [0.05, 0.1) is 11.0 Å². The summed E-state index contributed by atoms with van der Waals surface area (Å²) < 4.78 is 5.02. The summed E-state index contributed by atoms with van der Waals surface area (Å²) in [4.78, 5) is 2.41. The maximum Gasteiger partial charge on any atom is 0.0541 e. The molecule has 0 atom stereocenters. The van der Waals surface area contributed by atoms with Gasteiger partial charge in [-0.05, 0) is 185 Å². The molecule has 0 aliphatic heterocycles. The number of hydrogen-bond acceptors (Lipinski definition) is 2. The Hall–Kier alpha value is -9.54. The molecule has 0 saturated carbocycles. The minimum atomic E-state index is -0.0700. The number of benzene rings is 13. The molecule has 78 heavy (non-hydrogen) atoms. The van der Waals surface area contributed by atoms with E-state index in [0.717, 1.165) is 22.7 Å². The number of aromatic nitrogens is 1. The summed E-state index contributed by atoms with van der Waals surface area (Å²) in [6, 6.07) is 99.5.